The van der Waals surface area contributed by atoms with Crippen molar-refractivity contribution in [3.8, 4) is 0 Å². The van der Waals surface area contributed by atoms with E-state index in [1.807, 2.05) is 30.3 Å². The van der Waals surface area contributed by atoms with Crippen LogP contribution >= 0.6 is 0 Å². The number of hydrogen-bond acceptors (Lipinski definition) is 3. The number of hydrogen-bond donors (Lipinski definition) is 2. The van der Waals surface area contributed by atoms with Crippen LogP contribution in [0.5, 0.6) is 0 Å². The average molecular weight is 314 g/mol. The van der Waals surface area contributed by atoms with Crippen LogP contribution in [0.25, 0.3) is 0 Å². The lowest BCUT2D eigenvalue weighted by molar-refractivity contribution is 0.0279. The normalized spacial score (nSPS) is 11.3. The molecule has 1 heterocycles. The van der Waals surface area contributed by atoms with Gasteiger partial charge in [-0.3, -0.25) is 9.59 Å². The van der Waals surface area contributed by atoms with Crippen molar-refractivity contribution in [1.82, 2.24) is 9.88 Å². The van der Waals surface area contributed by atoms with Crippen molar-refractivity contribution in [2.24, 2.45) is 0 Å². The first kappa shape index (κ1) is 17.0. The lowest BCUT2D eigenvalue weighted by Crippen LogP contribution is -2.42. The Morgan fingerprint density at radius 3 is 2.48 bits per heavy atom. The van der Waals surface area contributed by atoms with E-state index in [-0.39, 0.29) is 18.0 Å². The van der Waals surface area contributed by atoms with Gasteiger partial charge in [-0.05, 0) is 31.9 Å². The average Bonchev–Trinajstić information content (AvgIpc) is 2.45. The fourth-order valence-electron chi connectivity index (χ4n) is 2.44. The number of aromatic amines is 1. The second-order valence-corrected chi connectivity index (χ2v) is 6.35. The highest BCUT2D eigenvalue weighted by Crippen LogP contribution is 2.15. The Bertz CT molecular complexity index is 730. The summed E-state index contributed by atoms with van der Waals surface area (Å²) in [5.74, 6) is -0.218. The summed E-state index contributed by atoms with van der Waals surface area (Å²) in [6.07, 6.45) is 1.43. The number of benzene rings is 1. The zero-order valence-electron chi connectivity index (χ0n) is 13.7. The quantitative estimate of drug-likeness (QED) is 0.887. The molecule has 122 valence electrons. The molecule has 5 nitrogen and oxygen atoms in total. The van der Waals surface area contributed by atoms with E-state index in [1.165, 1.54) is 12.3 Å². The molecule has 23 heavy (non-hydrogen) atoms. The summed E-state index contributed by atoms with van der Waals surface area (Å²) in [5.41, 5.74) is 0.779. The van der Waals surface area contributed by atoms with E-state index in [2.05, 4.69) is 4.98 Å². The highest BCUT2D eigenvalue weighted by molar-refractivity contribution is 5.95. The Hall–Kier alpha value is -2.40. The van der Waals surface area contributed by atoms with Crippen molar-refractivity contribution in [2.75, 3.05) is 6.54 Å². The Morgan fingerprint density at radius 2 is 1.91 bits per heavy atom. The number of rotatable bonds is 5. The van der Waals surface area contributed by atoms with Crippen LogP contribution in [0.2, 0.25) is 0 Å². The van der Waals surface area contributed by atoms with Crippen LogP contribution in [0.15, 0.2) is 47.4 Å². The van der Waals surface area contributed by atoms with Crippen molar-refractivity contribution in [2.45, 2.75) is 32.9 Å². The van der Waals surface area contributed by atoms with Gasteiger partial charge in [0.25, 0.3) is 5.91 Å². The van der Waals surface area contributed by atoms with Gasteiger partial charge >= 0.3 is 0 Å². The number of carbonyl (C=O) groups excluding carboxylic acids is 1. The maximum Gasteiger partial charge on any atom is 0.256 e. The summed E-state index contributed by atoms with van der Waals surface area (Å²) in [6.45, 7) is 5.64. The van der Waals surface area contributed by atoms with Gasteiger partial charge in [-0.2, -0.15) is 0 Å². The van der Waals surface area contributed by atoms with E-state index < -0.39 is 5.60 Å². The molecule has 0 aliphatic rings. The number of aromatic nitrogens is 1. The van der Waals surface area contributed by atoms with Crippen molar-refractivity contribution >= 4 is 5.91 Å². The van der Waals surface area contributed by atoms with Gasteiger partial charge < -0.3 is 15.0 Å². The summed E-state index contributed by atoms with van der Waals surface area (Å²) in [4.78, 5) is 28.3. The number of pyridine rings is 1. The van der Waals surface area contributed by atoms with Crippen LogP contribution in [0.4, 0.5) is 0 Å². The number of aryl methyl sites for hydroxylation is 1. The molecule has 0 aliphatic carbocycles. The zero-order chi connectivity index (χ0) is 17.0. The van der Waals surface area contributed by atoms with E-state index in [0.29, 0.717) is 17.7 Å². The summed E-state index contributed by atoms with van der Waals surface area (Å²) in [6, 6.07) is 11.0. The molecule has 5 heteroatoms. The van der Waals surface area contributed by atoms with Crippen LogP contribution in [-0.2, 0) is 6.54 Å². The minimum atomic E-state index is -1.01. The molecule has 0 radical (unpaired) electrons. The zero-order valence-corrected chi connectivity index (χ0v) is 13.7. The molecule has 0 atom stereocenters. The first-order valence-electron chi connectivity index (χ1n) is 7.51. The number of nitrogens with zero attached hydrogens (tertiary/aromatic N) is 1. The number of H-pyrrole nitrogens is 1. The second-order valence-electron chi connectivity index (χ2n) is 6.35. The molecule has 2 rings (SSSR count). The number of amides is 1. The first-order chi connectivity index (χ1) is 10.8. The standard InChI is InChI=1S/C18H22N2O3/c1-13-9-16(21)19-10-15(13)17(22)20(12-18(2,3)23)11-14-7-5-4-6-8-14/h4-10,23H,11-12H2,1-3H3,(H,19,21). The number of aliphatic hydroxyl groups is 1. The molecule has 1 aromatic carbocycles. The van der Waals surface area contributed by atoms with E-state index in [1.54, 1.807) is 25.7 Å². The van der Waals surface area contributed by atoms with Gasteiger partial charge in [-0.15, -0.1) is 0 Å². The molecular weight excluding hydrogens is 292 g/mol. The molecule has 0 fully saturated rings. The Morgan fingerprint density at radius 1 is 1.26 bits per heavy atom. The van der Waals surface area contributed by atoms with E-state index >= 15 is 0 Å². The highest BCUT2D eigenvalue weighted by atomic mass is 16.3. The summed E-state index contributed by atoms with van der Waals surface area (Å²) in [5, 5.41) is 10.1. The SMILES string of the molecule is Cc1cc(=O)[nH]cc1C(=O)N(Cc1ccccc1)CC(C)(C)O. The molecule has 0 unspecified atom stereocenters. The molecule has 0 spiro atoms. The smallest absolute Gasteiger partial charge is 0.256 e. The van der Waals surface area contributed by atoms with E-state index in [4.69, 9.17) is 0 Å². The fourth-order valence-corrected chi connectivity index (χ4v) is 2.44. The number of nitrogens with one attached hydrogen (secondary N) is 1. The van der Waals surface area contributed by atoms with Gasteiger partial charge in [0.05, 0.1) is 11.2 Å². The van der Waals surface area contributed by atoms with Gasteiger partial charge in [0.1, 0.15) is 0 Å². The van der Waals surface area contributed by atoms with Crippen molar-refractivity contribution in [3.63, 3.8) is 0 Å². The molecule has 1 amide bonds. The predicted molar refractivity (Wildman–Crippen MR) is 89.3 cm³/mol. The van der Waals surface area contributed by atoms with Gasteiger partial charge in [-0.1, -0.05) is 30.3 Å². The third kappa shape index (κ3) is 4.79. The maximum absolute atomic E-state index is 12.9. The van der Waals surface area contributed by atoms with Crippen LogP contribution < -0.4 is 5.56 Å². The van der Waals surface area contributed by atoms with Gasteiger partial charge in [0.2, 0.25) is 5.56 Å². The molecule has 2 N–H and O–H groups in total. The van der Waals surface area contributed by atoms with Gasteiger partial charge in [0, 0.05) is 25.4 Å². The maximum atomic E-state index is 12.9. The fraction of sp³-hybridized carbons (Fsp3) is 0.333. The Balaban J connectivity index is 2.32. The van der Waals surface area contributed by atoms with Crippen LogP contribution in [0, 0.1) is 6.92 Å². The topological polar surface area (TPSA) is 73.4 Å². The van der Waals surface area contributed by atoms with Gasteiger partial charge in [-0.25, -0.2) is 0 Å². The largest absolute Gasteiger partial charge is 0.389 e. The summed E-state index contributed by atoms with van der Waals surface area (Å²) in [7, 11) is 0. The summed E-state index contributed by atoms with van der Waals surface area (Å²) < 4.78 is 0. The van der Waals surface area contributed by atoms with E-state index in [9.17, 15) is 14.7 Å². The molecule has 1 aromatic heterocycles. The third-order valence-electron chi connectivity index (χ3n) is 3.44. The van der Waals surface area contributed by atoms with Crippen LogP contribution in [-0.4, -0.2) is 33.0 Å². The minimum absolute atomic E-state index is 0.194. The predicted octanol–water partition coefficient (Wildman–Crippen LogP) is 2.10. The Labute approximate surface area is 135 Å². The van der Waals surface area contributed by atoms with Crippen molar-refractivity contribution in [1.29, 1.82) is 0 Å². The van der Waals surface area contributed by atoms with Gasteiger partial charge in [0.15, 0.2) is 0 Å². The molecule has 2 aromatic rings. The monoisotopic (exact) mass is 314 g/mol. The molecule has 0 saturated heterocycles. The minimum Gasteiger partial charge on any atom is -0.389 e. The summed E-state index contributed by atoms with van der Waals surface area (Å²) >= 11 is 0. The molecular formula is C18H22N2O3. The molecule has 0 bridgehead atoms. The lowest BCUT2D eigenvalue weighted by Gasteiger charge is -2.29. The van der Waals surface area contributed by atoms with Crippen LogP contribution in [0.1, 0.15) is 35.3 Å². The first-order valence-corrected chi connectivity index (χ1v) is 7.51. The third-order valence-corrected chi connectivity index (χ3v) is 3.44. The highest BCUT2D eigenvalue weighted by Gasteiger charge is 2.24. The molecule has 0 aliphatic heterocycles. The lowest BCUT2D eigenvalue weighted by atomic mass is 10.1. The Kier molecular flexibility index (Phi) is 5.01. The van der Waals surface area contributed by atoms with Crippen molar-refractivity contribution < 1.29 is 9.90 Å². The van der Waals surface area contributed by atoms with E-state index in [0.717, 1.165) is 5.56 Å². The van der Waals surface area contributed by atoms with Crippen molar-refractivity contribution in [3.05, 3.63) is 69.6 Å². The number of carbonyl (C=O) groups is 1. The second kappa shape index (κ2) is 6.79. The molecule has 0 saturated carbocycles. The van der Waals surface area contributed by atoms with Crippen LogP contribution in [0.3, 0.4) is 0 Å².